The maximum absolute atomic E-state index is 12.8. The first-order chi connectivity index (χ1) is 20.1. The summed E-state index contributed by atoms with van der Waals surface area (Å²) >= 11 is 1.92. The Balaban J connectivity index is 1.55. The number of hydrogen-bond acceptors (Lipinski definition) is 5. The molecule has 41 heavy (non-hydrogen) atoms. The maximum Gasteiger partial charge on any atom is 0.203 e. The molecular formula is C36H54O4S. The molecule has 0 N–H and O–H groups in total. The van der Waals surface area contributed by atoms with Crippen LogP contribution in [0.2, 0.25) is 0 Å². The molecule has 4 nitrogen and oxygen atoms in total. The predicted octanol–water partition coefficient (Wildman–Crippen LogP) is 11.0. The summed E-state index contributed by atoms with van der Waals surface area (Å²) < 4.78 is 16.1. The second-order valence-electron chi connectivity index (χ2n) is 10.8. The average molecular weight is 583 g/mol. The number of benzene rings is 2. The van der Waals surface area contributed by atoms with Gasteiger partial charge in [0, 0.05) is 10.5 Å². The van der Waals surface area contributed by atoms with E-state index in [2.05, 4.69) is 31.2 Å². The Bertz CT molecular complexity index is 974. The third kappa shape index (κ3) is 14.4. The Hall–Kier alpha value is -2.40. The van der Waals surface area contributed by atoms with Crippen LogP contribution in [0.15, 0.2) is 47.4 Å². The summed E-state index contributed by atoms with van der Waals surface area (Å²) in [6.07, 6.45) is 25.9. The predicted molar refractivity (Wildman–Crippen MR) is 176 cm³/mol. The van der Waals surface area contributed by atoms with Gasteiger partial charge in [0.15, 0.2) is 17.3 Å². The number of carbonyl (C=O) groups excluding carboxylic acids is 1. The first kappa shape index (κ1) is 34.8. The van der Waals surface area contributed by atoms with E-state index in [1.165, 1.54) is 108 Å². The van der Waals surface area contributed by atoms with E-state index in [-0.39, 0.29) is 5.78 Å². The minimum Gasteiger partial charge on any atom is -0.493 e. The van der Waals surface area contributed by atoms with Crippen LogP contribution in [0.1, 0.15) is 126 Å². The van der Waals surface area contributed by atoms with Crippen molar-refractivity contribution in [2.45, 2.75) is 115 Å². The molecule has 228 valence electrons. The lowest BCUT2D eigenvalue weighted by Gasteiger charge is -2.13. The molecule has 0 aliphatic carbocycles. The molecule has 2 rings (SSSR count). The van der Waals surface area contributed by atoms with Gasteiger partial charge >= 0.3 is 0 Å². The smallest absolute Gasteiger partial charge is 0.203 e. The van der Waals surface area contributed by atoms with Gasteiger partial charge in [0.25, 0.3) is 0 Å². The summed E-state index contributed by atoms with van der Waals surface area (Å²) in [6, 6.07) is 11.8. The van der Waals surface area contributed by atoms with E-state index in [0.29, 0.717) is 22.8 Å². The summed E-state index contributed by atoms with van der Waals surface area (Å²) in [6.45, 7) is 2.29. The van der Waals surface area contributed by atoms with Gasteiger partial charge in [0.2, 0.25) is 5.75 Å². The van der Waals surface area contributed by atoms with E-state index in [1.54, 1.807) is 39.5 Å². The molecule has 0 bridgehead atoms. The first-order valence-corrected chi connectivity index (χ1v) is 16.9. The number of ketones is 1. The maximum atomic E-state index is 12.8. The number of ether oxygens (including phenoxy) is 3. The summed E-state index contributed by atoms with van der Waals surface area (Å²) in [5.74, 6) is 2.45. The number of thioether (sulfide) groups is 1. The Morgan fingerprint density at radius 2 is 1.12 bits per heavy atom. The zero-order valence-electron chi connectivity index (χ0n) is 26.2. The van der Waals surface area contributed by atoms with Crippen LogP contribution in [-0.2, 0) is 0 Å². The highest BCUT2D eigenvalue weighted by molar-refractivity contribution is 7.99. The van der Waals surface area contributed by atoms with Gasteiger partial charge in [-0.15, -0.1) is 11.8 Å². The van der Waals surface area contributed by atoms with Crippen LogP contribution < -0.4 is 14.2 Å². The van der Waals surface area contributed by atoms with Crippen molar-refractivity contribution in [2.75, 3.05) is 27.1 Å². The number of methoxy groups -OCH3 is 3. The van der Waals surface area contributed by atoms with E-state index < -0.39 is 0 Å². The minimum atomic E-state index is -0.119. The van der Waals surface area contributed by atoms with E-state index in [0.717, 1.165) is 11.3 Å². The second kappa shape index (κ2) is 22.2. The highest BCUT2D eigenvalue weighted by Gasteiger charge is 2.15. The molecular weight excluding hydrogens is 528 g/mol. The fourth-order valence-electron chi connectivity index (χ4n) is 5.01. The van der Waals surface area contributed by atoms with E-state index in [9.17, 15) is 4.79 Å². The molecule has 0 atom stereocenters. The SMILES string of the molecule is CCCCCCCCCCCCCCCCCCSc1ccc(/C=C/C(=O)c2cc(OC)c(OC)c(OC)c2)cc1. The molecule has 0 aliphatic heterocycles. The normalized spacial score (nSPS) is 11.2. The molecule has 0 amide bonds. The molecule has 0 aromatic heterocycles. The van der Waals surface area contributed by atoms with Gasteiger partial charge in [-0.2, -0.15) is 0 Å². The van der Waals surface area contributed by atoms with E-state index in [1.807, 2.05) is 17.8 Å². The van der Waals surface area contributed by atoms with Gasteiger partial charge in [-0.05, 0) is 48.1 Å². The zero-order chi connectivity index (χ0) is 29.5. The van der Waals surface area contributed by atoms with Crippen LogP contribution >= 0.6 is 11.8 Å². The van der Waals surface area contributed by atoms with Gasteiger partial charge in [-0.3, -0.25) is 4.79 Å². The van der Waals surface area contributed by atoms with Crippen molar-refractivity contribution in [3.05, 3.63) is 53.6 Å². The summed E-state index contributed by atoms with van der Waals surface area (Å²) in [5, 5.41) is 0. The van der Waals surface area contributed by atoms with Crippen LogP contribution in [0.3, 0.4) is 0 Å². The molecule has 0 unspecified atom stereocenters. The topological polar surface area (TPSA) is 44.8 Å². The standard InChI is InChI=1S/C36H54O4S/c1-5-6-7-8-9-10-11-12-13-14-15-16-17-18-19-20-27-41-32-24-21-30(22-25-32)23-26-33(37)31-28-34(38-2)36(40-4)35(29-31)39-3/h21-26,28-29H,5-20,27H2,1-4H3/b26-23+. The van der Waals surface area contributed by atoms with Gasteiger partial charge in [-0.1, -0.05) is 121 Å². The van der Waals surface area contributed by atoms with Gasteiger partial charge in [0.1, 0.15) is 0 Å². The minimum absolute atomic E-state index is 0.119. The van der Waals surface area contributed by atoms with Gasteiger partial charge < -0.3 is 14.2 Å². The van der Waals surface area contributed by atoms with Crippen molar-refractivity contribution >= 4 is 23.6 Å². The molecule has 0 saturated carbocycles. The molecule has 0 aliphatic rings. The molecule has 0 radical (unpaired) electrons. The Morgan fingerprint density at radius 3 is 1.56 bits per heavy atom. The third-order valence-electron chi connectivity index (χ3n) is 7.52. The summed E-state index contributed by atoms with van der Waals surface area (Å²) in [7, 11) is 4.63. The molecule has 0 heterocycles. The number of unbranched alkanes of at least 4 members (excludes halogenated alkanes) is 15. The first-order valence-electron chi connectivity index (χ1n) is 15.9. The van der Waals surface area contributed by atoms with Crippen molar-refractivity contribution < 1.29 is 19.0 Å². The Kier molecular flexibility index (Phi) is 18.9. The molecule has 2 aromatic rings. The van der Waals surface area contributed by atoms with Crippen molar-refractivity contribution in [3.63, 3.8) is 0 Å². The molecule has 2 aromatic carbocycles. The molecule has 5 heteroatoms. The van der Waals surface area contributed by atoms with Crippen LogP contribution in [0, 0.1) is 0 Å². The summed E-state index contributed by atoms with van der Waals surface area (Å²) in [4.78, 5) is 14.0. The van der Waals surface area contributed by atoms with Crippen LogP contribution in [0.5, 0.6) is 17.2 Å². The van der Waals surface area contributed by atoms with Crippen LogP contribution in [0.4, 0.5) is 0 Å². The zero-order valence-corrected chi connectivity index (χ0v) is 27.0. The van der Waals surface area contributed by atoms with Crippen molar-refractivity contribution in [1.29, 1.82) is 0 Å². The molecule has 0 fully saturated rings. The Morgan fingerprint density at radius 1 is 0.659 bits per heavy atom. The lowest BCUT2D eigenvalue weighted by atomic mass is 10.0. The van der Waals surface area contributed by atoms with Crippen molar-refractivity contribution in [3.8, 4) is 17.2 Å². The lowest BCUT2D eigenvalue weighted by Crippen LogP contribution is -2.00. The number of carbonyl (C=O) groups is 1. The van der Waals surface area contributed by atoms with Crippen molar-refractivity contribution in [2.24, 2.45) is 0 Å². The van der Waals surface area contributed by atoms with E-state index in [4.69, 9.17) is 14.2 Å². The summed E-state index contributed by atoms with van der Waals surface area (Å²) in [5.41, 5.74) is 1.49. The van der Waals surface area contributed by atoms with Crippen molar-refractivity contribution in [1.82, 2.24) is 0 Å². The number of hydrogen-bond donors (Lipinski definition) is 0. The fraction of sp³-hybridized carbons (Fsp3) is 0.583. The van der Waals surface area contributed by atoms with Gasteiger partial charge in [-0.25, -0.2) is 0 Å². The lowest BCUT2D eigenvalue weighted by molar-refractivity contribution is 0.104. The monoisotopic (exact) mass is 582 g/mol. The molecule has 0 spiro atoms. The quantitative estimate of drug-likeness (QED) is 0.0533. The third-order valence-corrected chi connectivity index (χ3v) is 8.62. The number of allylic oxidation sites excluding steroid dienone is 1. The molecule has 0 saturated heterocycles. The highest BCUT2D eigenvalue weighted by atomic mass is 32.2. The van der Waals surface area contributed by atoms with Gasteiger partial charge in [0.05, 0.1) is 21.3 Å². The fourth-order valence-corrected chi connectivity index (χ4v) is 5.92. The average Bonchev–Trinajstić information content (AvgIpc) is 3.01. The number of rotatable bonds is 24. The van der Waals surface area contributed by atoms with Crippen LogP contribution in [0.25, 0.3) is 6.08 Å². The van der Waals surface area contributed by atoms with E-state index >= 15 is 0 Å². The Labute approximate surface area is 254 Å². The highest BCUT2D eigenvalue weighted by Crippen LogP contribution is 2.38. The van der Waals surface area contributed by atoms with Crippen LogP contribution in [-0.4, -0.2) is 32.9 Å². The second-order valence-corrected chi connectivity index (χ2v) is 12.0. The largest absolute Gasteiger partial charge is 0.493 e.